The van der Waals surface area contributed by atoms with Gasteiger partial charge in [-0.05, 0) is 30.7 Å². The van der Waals surface area contributed by atoms with Gasteiger partial charge in [-0.15, -0.1) is 12.8 Å². The van der Waals surface area contributed by atoms with Gasteiger partial charge in [0.05, 0.1) is 5.56 Å². The quantitative estimate of drug-likeness (QED) is 0.796. The number of terminal acetylenes is 2. The maximum absolute atomic E-state index is 5.60. The molecule has 2 aromatic rings. The molecule has 0 radical (unpaired) electrons. The monoisotopic (exact) mass is 238 g/mol. The molecule has 90 valence electrons. The molecule has 1 heterocycles. The Morgan fingerprint density at radius 1 is 1.33 bits per heavy atom. The minimum absolute atomic E-state index is 0.205. The zero-order valence-corrected chi connectivity index (χ0v) is 9.99. The highest BCUT2D eigenvalue weighted by Gasteiger charge is 2.11. The van der Waals surface area contributed by atoms with Gasteiger partial charge in [-0.2, -0.15) is 0 Å². The van der Waals surface area contributed by atoms with Crippen molar-refractivity contribution < 1.29 is 4.74 Å². The minimum atomic E-state index is 0.205. The topological polar surface area (TPSA) is 51.0 Å². The van der Waals surface area contributed by atoms with Crippen molar-refractivity contribution >= 4 is 10.9 Å². The number of ether oxygens (including phenoxy) is 1. The first-order valence-electron chi connectivity index (χ1n) is 5.67. The Hall–Kier alpha value is -2.36. The number of fused-ring (bicyclic) bond motifs is 1. The highest BCUT2D eigenvalue weighted by molar-refractivity contribution is 5.91. The predicted molar refractivity (Wildman–Crippen MR) is 73.3 cm³/mol. The third-order valence-corrected chi connectivity index (χ3v) is 2.76. The van der Waals surface area contributed by atoms with E-state index in [1.807, 2.05) is 18.3 Å². The second-order valence-corrected chi connectivity index (χ2v) is 3.85. The van der Waals surface area contributed by atoms with E-state index in [4.69, 9.17) is 23.3 Å². The average molecular weight is 238 g/mol. The molecule has 0 spiro atoms. The fourth-order valence-electron chi connectivity index (χ4n) is 2.01. The molecule has 2 rings (SSSR count). The molecule has 1 aromatic heterocycles. The van der Waals surface area contributed by atoms with Gasteiger partial charge in [0.15, 0.2) is 0 Å². The number of aromatic amines is 1. The predicted octanol–water partition coefficient (Wildman–Crippen LogP) is 1.66. The van der Waals surface area contributed by atoms with Crippen LogP contribution in [0.3, 0.4) is 0 Å². The van der Waals surface area contributed by atoms with Gasteiger partial charge in [-0.1, -0.05) is 11.8 Å². The lowest BCUT2D eigenvalue weighted by molar-refractivity contribution is 0.370. The van der Waals surface area contributed by atoms with Crippen LogP contribution in [0.2, 0.25) is 0 Å². The molecular weight excluding hydrogens is 224 g/mol. The second-order valence-electron chi connectivity index (χ2n) is 3.85. The molecule has 1 aromatic carbocycles. The van der Waals surface area contributed by atoms with Crippen LogP contribution >= 0.6 is 0 Å². The fourth-order valence-corrected chi connectivity index (χ4v) is 2.01. The van der Waals surface area contributed by atoms with Gasteiger partial charge in [-0.25, -0.2) is 0 Å². The van der Waals surface area contributed by atoms with Crippen LogP contribution in [0.15, 0.2) is 18.3 Å². The lowest BCUT2D eigenvalue weighted by Crippen LogP contribution is -2.03. The number of nitrogens with one attached hydrogen (secondary N) is 1. The van der Waals surface area contributed by atoms with Crippen molar-refractivity contribution in [2.45, 2.75) is 6.42 Å². The van der Waals surface area contributed by atoms with Gasteiger partial charge in [-0.3, -0.25) is 0 Å². The largest absolute Gasteiger partial charge is 0.480 e. The van der Waals surface area contributed by atoms with Crippen LogP contribution in [-0.2, 0) is 6.42 Å². The maximum Gasteiger partial charge on any atom is 0.148 e. The Kier molecular flexibility index (Phi) is 3.57. The molecule has 3 heteroatoms. The van der Waals surface area contributed by atoms with Crippen molar-refractivity contribution in [1.29, 1.82) is 0 Å². The van der Waals surface area contributed by atoms with E-state index < -0.39 is 0 Å². The normalized spacial score (nSPS) is 9.94. The molecule has 18 heavy (non-hydrogen) atoms. The van der Waals surface area contributed by atoms with E-state index in [1.54, 1.807) is 0 Å². The van der Waals surface area contributed by atoms with Gasteiger partial charge < -0.3 is 15.5 Å². The first kappa shape index (κ1) is 12.1. The summed E-state index contributed by atoms with van der Waals surface area (Å²) in [6.45, 7) is 0.781. The summed E-state index contributed by atoms with van der Waals surface area (Å²) in [5.74, 6) is 5.75. The number of aromatic nitrogens is 1. The summed E-state index contributed by atoms with van der Waals surface area (Å²) in [6.07, 6.45) is 13.5. The van der Waals surface area contributed by atoms with Crippen LogP contribution < -0.4 is 10.5 Å². The van der Waals surface area contributed by atoms with E-state index in [0.29, 0.717) is 12.3 Å². The lowest BCUT2D eigenvalue weighted by Gasteiger charge is -2.07. The Labute approximate surface area is 106 Å². The standard InChI is InChI=1S/C15H14N2O/c1-3-9-18-14-6-5-13-15(12(14)4-2)11(7-8-16)10-17-13/h1-2,5-6,10,17H,7-9,16H2. The van der Waals surface area contributed by atoms with Crippen molar-refractivity contribution in [3.8, 4) is 30.4 Å². The zero-order valence-electron chi connectivity index (χ0n) is 9.99. The maximum atomic E-state index is 5.60. The van der Waals surface area contributed by atoms with Crippen LogP contribution in [0.4, 0.5) is 0 Å². The third-order valence-electron chi connectivity index (χ3n) is 2.76. The van der Waals surface area contributed by atoms with E-state index in [9.17, 15) is 0 Å². The summed E-state index contributed by atoms with van der Waals surface area (Å²) < 4.78 is 5.46. The average Bonchev–Trinajstić information content (AvgIpc) is 2.79. The molecule has 0 aliphatic heterocycles. The summed E-state index contributed by atoms with van der Waals surface area (Å²) in [7, 11) is 0. The Balaban J connectivity index is 2.59. The molecule has 0 saturated carbocycles. The lowest BCUT2D eigenvalue weighted by atomic mass is 10.0. The van der Waals surface area contributed by atoms with E-state index in [0.717, 1.165) is 28.5 Å². The first-order valence-corrected chi connectivity index (χ1v) is 5.67. The van der Waals surface area contributed by atoms with Crippen LogP contribution in [0, 0.1) is 24.7 Å². The van der Waals surface area contributed by atoms with Crippen LogP contribution in [0.5, 0.6) is 5.75 Å². The Bertz CT molecular complexity index is 641. The second kappa shape index (κ2) is 5.31. The summed E-state index contributed by atoms with van der Waals surface area (Å²) in [5, 5.41) is 0.998. The van der Waals surface area contributed by atoms with Crippen LogP contribution in [0.25, 0.3) is 10.9 Å². The highest BCUT2D eigenvalue weighted by atomic mass is 16.5. The van der Waals surface area contributed by atoms with E-state index in [-0.39, 0.29) is 6.61 Å². The van der Waals surface area contributed by atoms with Crippen LogP contribution in [0.1, 0.15) is 11.1 Å². The molecule has 3 N–H and O–H groups in total. The van der Waals surface area contributed by atoms with Gasteiger partial charge in [0.2, 0.25) is 0 Å². The number of rotatable bonds is 4. The number of nitrogens with two attached hydrogens (primary N) is 1. The third kappa shape index (κ3) is 2.05. The Morgan fingerprint density at radius 3 is 2.83 bits per heavy atom. The zero-order chi connectivity index (χ0) is 13.0. The summed E-state index contributed by atoms with van der Waals surface area (Å²) in [4.78, 5) is 3.18. The van der Waals surface area contributed by atoms with Crippen molar-refractivity contribution in [1.82, 2.24) is 4.98 Å². The van der Waals surface area contributed by atoms with E-state index in [2.05, 4.69) is 16.8 Å². The molecule has 0 unspecified atom stereocenters. The number of hydrogen-bond acceptors (Lipinski definition) is 2. The van der Waals surface area contributed by atoms with Gasteiger partial charge in [0.25, 0.3) is 0 Å². The van der Waals surface area contributed by atoms with Crippen molar-refractivity contribution in [3.63, 3.8) is 0 Å². The summed E-state index contributed by atoms with van der Waals surface area (Å²) in [6, 6.07) is 3.76. The molecule has 0 aliphatic rings. The SMILES string of the molecule is C#CCOc1ccc2[nH]cc(CCN)c2c1C#C. The van der Waals surface area contributed by atoms with E-state index >= 15 is 0 Å². The molecule has 0 atom stereocenters. The Morgan fingerprint density at radius 2 is 2.17 bits per heavy atom. The van der Waals surface area contributed by atoms with Crippen molar-refractivity contribution in [2.75, 3.05) is 13.2 Å². The molecule has 0 aliphatic carbocycles. The number of H-pyrrole nitrogens is 1. The smallest absolute Gasteiger partial charge is 0.148 e. The molecule has 0 bridgehead atoms. The van der Waals surface area contributed by atoms with Gasteiger partial charge in [0.1, 0.15) is 12.4 Å². The number of benzene rings is 1. The van der Waals surface area contributed by atoms with Crippen LogP contribution in [-0.4, -0.2) is 18.1 Å². The highest BCUT2D eigenvalue weighted by Crippen LogP contribution is 2.30. The molecule has 3 nitrogen and oxygen atoms in total. The summed E-state index contributed by atoms with van der Waals surface area (Å²) in [5.41, 5.74) is 8.42. The first-order chi connectivity index (χ1) is 8.81. The van der Waals surface area contributed by atoms with Crippen molar-refractivity contribution in [2.24, 2.45) is 5.73 Å². The van der Waals surface area contributed by atoms with Crippen molar-refractivity contribution in [3.05, 3.63) is 29.5 Å². The van der Waals surface area contributed by atoms with E-state index in [1.165, 1.54) is 0 Å². The number of hydrogen-bond donors (Lipinski definition) is 2. The van der Waals surface area contributed by atoms with Gasteiger partial charge in [0, 0.05) is 17.1 Å². The summed E-state index contributed by atoms with van der Waals surface area (Å²) >= 11 is 0. The molecule has 0 amide bonds. The molecular formula is C15H14N2O. The molecule has 0 fully saturated rings. The minimum Gasteiger partial charge on any atom is -0.480 e. The fraction of sp³-hybridized carbons (Fsp3) is 0.200. The van der Waals surface area contributed by atoms with Gasteiger partial charge >= 0.3 is 0 Å². The molecule has 0 saturated heterocycles.